The second kappa shape index (κ2) is 9.18. The number of thioether (sulfide) groups is 1. The molecule has 0 saturated carbocycles. The van der Waals surface area contributed by atoms with Crippen LogP contribution in [0.25, 0.3) is 0 Å². The summed E-state index contributed by atoms with van der Waals surface area (Å²) in [5, 5.41) is 1.10. The van der Waals surface area contributed by atoms with Crippen LogP contribution in [-0.4, -0.2) is 42.2 Å². The van der Waals surface area contributed by atoms with Crippen molar-refractivity contribution in [2.75, 3.05) is 25.4 Å². The van der Waals surface area contributed by atoms with Crippen LogP contribution in [0, 0.1) is 0 Å². The van der Waals surface area contributed by atoms with E-state index in [2.05, 4.69) is 6.07 Å². The number of halogens is 1. The third kappa shape index (κ3) is 5.43. The quantitative estimate of drug-likeness (QED) is 0.756. The third-order valence-corrected chi connectivity index (χ3v) is 5.45. The fourth-order valence-electron chi connectivity index (χ4n) is 2.60. The van der Waals surface area contributed by atoms with Gasteiger partial charge >= 0.3 is 5.97 Å². The lowest BCUT2D eigenvalue weighted by atomic mass is 10.1. The van der Waals surface area contributed by atoms with E-state index in [0.717, 1.165) is 22.8 Å². The summed E-state index contributed by atoms with van der Waals surface area (Å²) in [6, 6.07) is 7.89. The fourth-order valence-corrected chi connectivity index (χ4v) is 4.20. The number of esters is 1. The highest BCUT2D eigenvalue weighted by molar-refractivity contribution is 7.99. The van der Waals surface area contributed by atoms with Crippen molar-refractivity contribution in [2.45, 2.75) is 31.4 Å². The summed E-state index contributed by atoms with van der Waals surface area (Å²) in [6.07, 6.45) is 1.25. The molecule has 0 aromatic heterocycles. The van der Waals surface area contributed by atoms with E-state index in [4.69, 9.17) is 16.3 Å². The van der Waals surface area contributed by atoms with Gasteiger partial charge in [-0.25, -0.2) is 0 Å². The number of ether oxygens (including phenoxy) is 1. The van der Waals surface area contributed by atoms with Gasteiger partial charge < -0.3 is 9.64 Å². The molecule has 0 aliphatic carbocycles. The SMILES string of the molecule is CCOC(=O)CCC(=O)N1CCS[C@@H](c2ccccc2Cl)CC1. The summed E-state index contributed by atoms with van der Waals surface area (Å²) in [5.74, 6) is 0.596. The zero-order valence-corrected chi connectivity index (χ0v) is 14.9. The molecular weight excluding hydrogens is 334 g/mol. The molecule has 1 heterocycles. The molecule has 126 valence electrons. The number of hydrogen-bond donors (Lipinski definition) is 0. The monoisotopic (exact) mass is 355 g/mol. The van der Waals surface area contributed by atoms with Crippen molar-refractivity contribution in [3.05, 3.63) is 34.9 Å². The Balaban J connectivity index is 1.87. The van der Waals surface area contributed by atoms with Crippen molar-refractivity contribution in [1.82, 2.24) is 4.90 Å². The summed E-state index contributed by atoms with van der Waals surface area (Å²) in [7, 11) is 0. The first-order valence-electron chi connectivity index (χ1n) is 7.91. The largest absolute Gasteiger partial charge is 0.466 e. The Kier molecular flexibility index (Phi) is 7.24. The fraction of sp³-hybridized carbons (Fsp3) is 0.529. The molecule has 1 aromatic carbocycles. The number of benzene rings is 1. The molecule has 1 saturated heterocycles. The average Bonchev–Trinajstić information content (AvgIpc) is 2.79. The molecule has 0 bridgehead atoms. The van der Waals surface area contributed by atoms with Crippen LogP contribution in [0.1, 0.15) is 37.0 Å². The summed E-state index contributed by atoms with van der Waals surface area (Å²) >= 11 is 8.11. The predicted octanol–water partition coefficient (Wildman–Crippen LogP) is 3.69. The van der Waals surface area contributed by atoms with E-state index in [9.17, 15) is 9.59 Å². The molecule has 0 unspecified atom stereocenters. The van der Waals surface area contributed by atoms with E-state index in [-0.39, 0.29) is 24.7 Å². The Bertz CT molecular complexity index is 552. The highest BCUT2D eigenvalue weighted by Crippen LogP contribution is 2.37. The van der Waals surface area contributed by atoms with Crippen molar-refractivity contribution in [3.8, 4) is 0 Å². The van der Waals surface area contributed by atoms with Gasteiger partial charge in [0.2, 0.25) is 5.91 Å². The molecule has 1 aromatic rings. The predicted molar refractivity (Wildman–Crippen MR) is 93.7 cm³/mol. The molecule has 0 radical (unpaired) electrons. The molecule has 2 rings (SSSR count). The Morgan fingerprint density at radius 2 is 2.09 bits per heavy atom. The van der Waals surface area contributed by atoms with Gasteiger partial charge in [-0.1, -0.05) is 29.8 Å². The Labute approximate surface area is 146 Å². The summed E-state index contributed by atoms with van der Waals surface area (Å²) in [5.41, 5.74) is 1.14. The molecule has 1 amide bonds. The first-order chi connectivity index (χ1) is 11.1. The topological polar surface area (TPSA) is 46.6 Å². The standard InChI is InChI=1S/C17H22ClNO3S/c1-2-22-17(21)8-7-16(20)19-10-9-15(23-12-11-19)13-5-3-4-6-14(13)18/h3-6,15H,2,7-12H2,1H3/t15-/m1/s1. The zero-order valence-electron chi connectivity index (χ0n) is 13.3. The van der Waals surface area contributed by atoms with Gasteiger partial charge in [-0.05, 0) is 25.0 Å². The zero-order chi connectivity index (χ0) is 16.7. The Morgan fingerprint density at radius 3 is 2.83 bits per heavy atom. The Hall–Kier alpha value is -1.20. The molecule has 1 aliphatic heterocycles. The lowest BCUT2D eigenvalue weighted by Crippen LogP contribution is -2.33. The van der Waals surface area contributed by atoms with E-state index < -0.39 is 0 Å². The van der Waals surface area contributed by atoms with Crippen LogP contribution in [0.3, 0.4) is 0 Å². The van der Waals surface area contributed by atoms with Crippen molar-refractivity contribution in [3.63, 3.8) is 0 Å². The van der Waals surface area contributed by atoms with Crippen LogP contribution >= 0.6 is 23.4 Å². The Morgan fingerprint density at radius 1 is 1.30 bits per heavy atom. The van der Waals surface area contributed by atoms with E-state index in [1.165, 1.54) is 0 Å². The molecule has 0 spiro atoms. The molecule has 6 heteroatoms. The summed E-state index contributed by atoms with van der Waals surface area (Å²) < 4.78 is 4.86. The lowest BCUT2D eigenvalue weighted by Gasteiger charge is -2.20. The molecule has 1 fully saturated rings. The maximum absolute atomic E-state index is 12.3. The molecule has 4 nitrogen and oxygen atoms in total. The molecule has 23 heavy (non-hydrogen) atoms. The van der Waals surface area contributed by atoms with Gasteiger partial charge in [-0.3, -0.25) is 9.59 Å². The smallest absolute Gasteiger partial charge is 0.306 e. The number of rotatable bonds is 5. The average molecular weight is 356 g/mol. The van der Waals surface area contributed by atoms with Crippen LogP contribution in [0.4, 0.5) is 0 Å². The molecular formula is C17H22ClNO3S. The van der Waals surface area contributed by atoms with Gasteiger partial charge in [0.05, 0.1) is 13.0 Å². The van der Waals surface area contributed by atoms with E-state index >= 15 is 0 Å². The highest BCUT2D eigenvalue weighted by atomic mass is 35.5. The van der Waals surface area contributed by atoms with E-state index in [1.807, 2.05) is 34.9 Å². The van der Waals surface area contributed by atoms with Gasteiger partial charge in [0.25, 0.3) is 0 Å². The van der Waals surface area contributed by atoms with Gasteiger partial charge in [-0.15, -0.1) is 0 Å². The maximum atomic E-state index is 12.3. The minimum absolute atomic E-state index is 0.0264. The van der Waals surface area contributed by atoms with Gasteiger partial charge in [0.15, 0.2) is 0 Å². The minimum Gasteiger partial charge on any atom is -0.466 e. The van der Waals surface area contributed by atoms with Crippen molar-refractivity contribution < 1.29 is 14.3 Å². The van der Waals surface area contributed by atoms with E-state index in [0.29, 0.717) is 24.9 Å². The highest BCUT2D eigenvalue weighted by Gasteiger charge is 2.23. The van der Waals surface area contributed by atoms with Crippen LogP contribution in [0.15, 0.2) is 24.3 Å². The molecule has 0 N–H and O–H groups in total. The van der Waals surface area contributed by atoms with Crippen LogP contribution in [-0.2, 0) is 14.3 Å². The van der Waals surface area contributed by atoms with Gasteiger partial charge in [0.1, 0.15) is 0 Å². The van der Waals surface area contributed by atoms with Crippen molar-refractivity contribution >= 4 is 35.2 Å². The van der Waals surface area contributed by atoms with E-state index in [1.54, 1.807) is 6.92 Å². The molecule has 1 atom stereocenters. The van der Waals surface area contributed by atoms with Crippen LogP contribution in [0.2, 0.25) is 5.02 Å². The number of hydrogen-bond acceptors (Lipinski definition) is 4. The second-order valence-electron chi connectivity index (χ2n) is 5.36. The number of nitrogens with zero attached hydrogens (tertiary/aromatic N) is 1. The number of carbonyl (C=O) groups excluding carboxylic acids is 2. The minimum atomic E-state index is -0.306. The second-order valence-corrected chi connectivity index (χ2v) is 7.07. The summed E-state index contributed by atoms with van der Waals surface area (Å²) in [4.78, 5) is 25.5. The lowest BCUT2D eigenvalue weighted by molar-refractivity contribution is -0.145. The van der Waals surface area contributed by atoms with Crippen LogP contribution < -0.4 is 0 Å². The number of amides is 1. The first-order valence-corrected chi connectivity index (χ1v) is 9.34. The van der Waals surface area contributed by atoms with Gasteiger partial charge in [0, 0.05) is 35.5 Å². The number of carbonyl (C=O) groups is 2. The summed E-state index contributed by atoms with van der Waals surface area (Å²) in [6.45, 7) is 3.53. The van der Waals surface area contributed by atoms with Crippen LogP contribution in [0.5, 0.6) is 0 Å². The van der Waals surface area contributed by atoms with Crippen molar-refractivity contribution in [1.29, 1.82) is 0 Å². The normalized spacial score (nSPS) is 18.3. The maximum Gasteiger partial charge on any atom is 0.306 e. The molecule has 1 aliphatic rings. The van der Waals surface area contributed by atoms with Crippen molar-refractivity contribution in [2.24, 2.45) is 0 Å². The first kappa shape index (κ1) is 18.1. The van der Waals surface area contributed by atoms with Gasteiger partial charge in [-0.2, -0.15) is 11.8 Å². The third-order valence-electron chi connectivity index (χ3n) is 3.79.